The molecule has 2 aliphatic rings. The van der Waals surface area contributed by atoms with Crippen LogP contribution in [0.3, 0.4) is 0 Å². The average Bonchev–Trinajstić information content (AvgIpc) is 2.84. The lowest BCUT2D eigenvalue weighted by molar-refractivity contribution is -0.126. The Bertz CT molecular complexity index is 871. The minimum absolute atomic E-state index is 0.119. The van der Waals surface area contributed by atoms with Gasteiger partial charge in [-0.05, 0) is 80.7 Å². The minimum atomic E-state index is 0.119. The number of amides is 1. The quantitative estimate of drug-likeness (QED) is 0.675. The van der Waals surface area contributed by atoms with Gasteiger partial charge in [0, 0.05) is 25.6 Å². The molecule has 0 saturated carbocycles. The van der Waals surface area contributed by atoms with Crippen LogP contribution >= 0.6 is 0 Å². The average molecular weight is 436 g/mol. The van der Waals surface area contributed by atoms with Gasteiger partial charge < -0.3 is 10.1 Å². The first kappa shape index (κ1) is 22.8. The molecule has 0 aromatic heterocycles. The number of carbonyl (C=O) groups is 1. The summed E-state index contributed by atoms with van der Waals surface area (Å²) in [5.74, 6) is 1.22. The number of rotatable bonds is 8. The second-order valence-corrected chi connectivity index (χ2v) is 9.28. The lowest BCUT2D eigenvalue weighted by Crippen LogP contribution is -2.40. The van der Waals surface area contributed by atoms with Crippen LogP contribution in [0.2, 0.25) is 0 Å². The van der Waals surface area contributed by atoms with Crippen LogP contribution in [-0.2, 0) is 24.4 Å². The van der Waals surface area contributed by atoms with Crippen LogP contribution < -0.4 is 10.1 Å². The number of hydrogen-bond donors (Lipinski definition) is 1. The van der Waals surface area contributed by atoms with E-state index < -0.39 is 0 Å². The summed E-state index contributed by atoms with van der Waals surface area (Å²) in [4.78, 5) is 17.7. The maximum Gasteiger partial charge on any atom is 0.223 e. The summed E-state index contributed by atoms with van der Waals surface area (Å²) in [6, 6.07) is 17.0. The third-order valence-electron chi connectivity index (χ3n) is 6.81. The van der Waals surface area contributed by atoms with Gasteiger partial charge in [0.2, 0.25) is 5.91 Å². The van der Waals surface area contributed by atoms with E-state index >= 15 is 0 Å². The Hall–Kier alpha value is -2.37. The Labute approximate surface area is 192 Å². The molecule has 172 valence electrons. The van der Waals surface area contributed by atoms with Crippen LogP contribution in [0.4, 0.5) is 0 Å². The van der Waals surface area contributed by atoms with E-state index in [4.69, 9.17) is 4.74 Å². The Morgan fingerprint density at radius 1 is 0.875 bits per heavy atom. The maximum absolute atomic E-state index is 12.8. The van der Waals surface area contributed by atoms with Gasteiger partial charge in [0.15, 0.2) is 0 Å². The molecule has 2 aromatic carbocycles. The number of methoxy groups -OCH3 is 1. The number of carbonyl (C=O) groups excluding carboxylic acids is 1. The van der Waals surface area contributed by atoms with E-state index in [9.17, 15) is 4.79 Å². The smallest absolute Gasteiger partial charge is 0.223 e. The number of benzene rings is 2. The van der Waals surface area contributed by atoms with Crippen LogP contribution in [0.5, 0.6) is 5.75 Å². The lowest BCUT2D eigenvalue weighted by atomic mass is 9.95. The fraction of sp³-hybridized carbons (Fsp3) is 0.519. The highest BCUT2D eigenvalue weighted by Gasteiger charge is 2.24. The predicted molar refractivity (Wildman–Crippen MR) is 128 cm³/mol. The number of ether oxygens (including phenoxy) is 1. The van der Waals surface area contributed by atoms with Gasteiger partial charge in [-0.2, -0.15) is 0 Å². The molecule has 32 heavy (non-hydrogen) atoms. The molecule has 0 radical (unpaired) electrons. The van der Waals surface area contributed by atoms with Crippen molar-refractivity contribution in [1.82, 2.24) is 15.1 Å². The van der Waals surface area contributed by atoms with E-state index in [2.05, 4.69) is 51.5 Å². The van der Waals surface area contributed by atoms with Crippen molar-refractivity contribution in [2.75, 3.05) is 33.3 Å². The standard InChI is InChI=1S/C27H37N3O2/c1-32-26-10-6-9-24(18-26)21-30-15-11-25(12-16-30)27(31)28-19-22-7-5-8-23(17-22)20-29-13-3-2-4-14-29/h5-10,17-18,25H,2-4,11-16,19-21H2,1H3,(H,28,31). The van der Waals surface area contributed by atoms with Crippen LogP contribution in [0.15, 0.2) is 48.5 Å². The van der Waals surface area contributed by atoms with Gasteiger partial charge in [-0.15, -0.1) is 0 Å². The number of nitrogens with zero attached hydrogens (tertiary/aromatic N) is 2. The summed E-state index contributed by atoms with van der Waals surface area (Å²) < 4.78 is 5.33. The molecule has 0 bridgehead atoms. The van der Waals surface area contributed by atoms with Gasteiger partial charge in [-0.3, -0.25) is 14.6 Å². The van der Waals surface area contributed by atoms with Crippen LogP contribution in [-0.4, -0.2) is 49.0 Å². The van der Waals surface area contributed by atoms with Crippen molar-refractivity contribution in [2.24, 2.45) is 5.92 Å². The first-order chi connectivity index (χ1) is 15.7. The van der Waals surface area contributed by atoms with Gasteiger partial charge in [0.25, 0.3) is 0 Å². The Morgan fingerprint density at radius 2 is 1.50 bits per heavy atom. The van der Waals surface area contributed by atoms with E-state index in [0.29, 0.717) is 6.54 Å². The predicted octanol–water partition coefficient (Wildman–Crippen LogP) is 4.21. The van der Waals surface area contributed by atoms with Crippen molar-refractivity contribution in [3.63, 3.8) is 0 Å². The zero-order valence-corrected chi connectivity index (χ0v) is 19.4. The van der Waals surface area contributed by atoms with Crippen molar-refractivity contribution >= 4 is 5.91 Å². The fourth-order valence-corrected chi connectivity index (χ4v) is 4.93. The van der Waals surface area contributed by atoms with Gasteiger partial charge in [-0.1, -0.05) is 42.8 Å². The van der Waals surface area contributed by atoms with E-state index in [0.717, 1.165) is 44.8 Å². The SMILES string of the molecule is COc1cccc(CN2CCC(C(=O)NCc3cccc(CN4CCCCC4)c3)CC2)c1. The Balaban J connectivity index is 1.21. The molecule has 5 nitrogen and oxygen atoms in total. The molecule has 2 saturated heterocycles. The first-order valence-electron chi connectivity index (χ1n) is 12.1. The van der Waals surface area contributed by atoms with E-state index in [1.54, 1.807) is 7.11 Å². The maximum atomic E-state index is 12.8. The summed E-state index contributed by atoms with van der Waals surface area (Å²) >= 11 is 0. The molecule has 0 spiro atoms. The third-order valence-corrected chi connectivity index (χ3v) is 6.81. The zero-order valence-electron chi connectivity index (χ0n) is 19.4. The Morgan fingerprint density at radius 3 is 2.22 bits per heavy atom. The molecule has 0 unspecified atom stereocenters. The highest BCUT2D eigenvalue weighted by atomic mass is 16.5. The highest BCUT2D eigenvalue weighted by molar-refractivity contribution is 5.78. The topological polar surface area (TPSA) is 44.8 Å². The number of nitrogens with one attached hydrogen (secondary N) is 1. The molecule has 1 N–H and O–H groups in total. The van der Waals surface area contributed by atoms with Crippen LogP contribution in [0, 0.1) is 5.92 Å². The van der Waals surface area contributed by atoms with Gasteiger partial charge >= 0.3 is 0 Å². The van der Waals surface area contributed by atoms with Crippen LogP contribution in [0.1, 0.15) is 48.8 Å². The molecule has 4 rings (SSSR count). The first-order valence-corrected chi connectivity index (χ1v) is 12.1. The monoisotopic (exact) mass is 435 g/mol. The fourth-order valence-electron chi connectivity index (χ4n) is 4.93. The molecule has 2 aromatic rings. The Kier molecular flexibility index (Phi) is 8.18. The van der Waals surface area contributed by atoms with Crippen molar-refractivity contribution in [3.8, 4) is 5.75 Å². The highest BCUT2D eigenvalue weighted by Crippen LogP contribution is 2.21. The number of piperidine rings is 2. The second-order valence-electron chi connectivity index (χ2n) is 9.28. The van der Waals surface area contributed by atoms with Gasteiger partial charge in [0.1, 0.15) is 5.75 Å². The molecule has 2 aliphatic heterocycles. The zero-order chi connectivity index (χ0) is 22.2. The third kappa shape index (κ3) is 6.57. The lowest BCUT2D eigenvalue weighted by Gasteiger charge is -2.31. The van der Waals surface area contributed by atoms with Crippen molar-refractivity contribution in [1.29, 1.82) is 0 Å². The van der Waals surface area contributed by atoms with Gasteiger partial charge in [0.05, 0.1) is 7.11 Å². The van der Waals surface area contributed by atoms with E-state index in [1.165, 1.54) is 49.0 Å². The number of likely N-dealkylation sites (tertiary alicyclic amines) is 2. The molecular weight excluding hydrogens is 398 g/mol. The minimum Gasteiger partial charge on any atom is -0.497 e. The van der Waals surface area contributed by atoms with Crippen molar-refractivity contribution < 1.29 is 9.53 Å². The van der Waals surface area contributed by atoms with E-state index in [1.807, 2.05) is 12.1 Å². The summed E-state index contributed by atoms with van der Waals surface area (Å²) in [5.41, 5.74) is 3.81. The second kappa shape index (κ2) is 11.5. The molecule has 5 heteroatoms. The molecule has 2 heterocycles. The summed E-state index contributed by atoms with van der Waals surface area (Å²) in [5, 5.41) is 3.19. The molecular formula is C27H37N3O2. The van der Waals surface area contributed by atoms with Gasteiger partial charge in [-0.25, -0.2) is 0 Å². The molecule has 0 aliphatic carbocycles. The van der Waals surface area contributed by atoms with Crippen molar-refractivity contribution in [3.05, 3.63) is 65.2 Å². The summed E-state index contributed by atoms with van der Waals surface area (Å²) in [7, 11) is 1.70. The normalized spacial score (nSPS) is 18.4. The molecule has 0 atom stereocenters. The number of hydrogen-bond acceptors (Lipinski definition) is 4. The van der Waals surface area contributed by atoms with E-state index in [-0.39, 0.29) is 11.8 Å². The molecule has 2 fully saturated rings. The largest absolute Gasteiger partial charge is 0.497 e. The summed E-state index contributed by atoms with van der Waals surface area (Å²) in [6.45, 7) is 6.88. The molecule has 1 amide bonds. The summed E-state index contributed by atoms with van der Waals surface area (Å²) in [6.07, 6.45) is 5.83. The van der Waals surface area contributed by atoms with Crippen molar-refractivity contribution in [2.45, 2.75) is 51.7 Å². The van der Waals surface area contributed by atoms with Crippen LogP contribution in [0.25, 0.3) is 0 Å².